The third-order valence-electron chi connectivity index (χ3n) is 5.57. The Bertz CT molecular complexity index is 932. The predicted octanol–water partition coefficient (Wildman–Crippen LogP) is 3.91. The lowest BCUT2D eigenvalue weighted by Gasteiger charge is -2.22. The van der Waals surface area contributed by atoms with Crippen LogP contribution < -0.4 is 11.1 Å². The number of hydrogen-bond donors (Lipinski definition) is 2. The third-order valence-corrected chi connectivity index (χ3v) is 5.57. The Labute approximate surface area is 177 Å². The summed E-state index contributed by atoms with van der Waals surface area (Å²) < 4.78 is 1.91. The van der Waals surface area contributed by atoms with E-state index in [1.54, 1.807) is 6.20 Å². The zero-order valence-electron chi connectivity index (χ0n) is 16.4. The normalized spacial score (nSPS) is 14.9. The SMILES string of the molecule is Cl.NC1(C(=O)NCc2ccccc2-c2ccc(Cn3cccn3)cc2)CCCC1. The van der Waals surface area contributed by atoms with E-state index in [1.165, 1.54) is 5.56 Å². The van der Waals surface area contributed by atoms with E-state index in [9.17, 15) is 4.79 Å². The Kier molecular flexibility index (Phi) is 6.72. The first kappa shape index (κ1) is 21.1. The summed E-state index contributed by atoms with van der Waals surface area (Å²) in [6, 6.07) is 18.6. The molecule has 0 atom stereocenters. The van der Waals surface area contributed by atoms with Crippen LogP contribution in [0.15, 0.2) is 67.0 Å². The number of halogens is 1. The van der Waals surface area contributed by atoms with Crippen molar-refractivity contribution < 1.29 is 4.79 Å². The van der Waals surface area contributed by atoms with Crippen LogP contribution in [0.5, 0.6) is 0 Å². The Balaban J connectivity index is 0.00000240. The van der Waals surface area contributed by atoms with Crippen molar-refractivity contribution in [1.82, 2.24) is 15.1 Å². The molecule has 3 aromatic rings. The summed E-state index contributed by atoms with van der Waals surface area (Å²) in [6.45, 7) is 1.24. The highest BCUT2D eigenvalue weighted by molar-refractivity contribution is 5.86. The standard InChI is InChI=1S/C23H26N4O.ClH/c24-23(12-3-4-13-23)22(28)25-16-20-6-1-2-7-21(20)19-10-8-18(9-11-19)17-27-15-5-14-26-27;/h1-2,5-11,14-15H,3-4,12-13,16-17,24H2,(H,25,28);1H. The summed E-state index contributed by atoms with van der Waals surface area (Å²) in [5, 5.41) is 7.31. The van der Waals surface area contributed by atoms with Crippen LogP contribution in [-0.4, -0.2) is 21.2 Å². The third kappa shape index (κ3) is 4.86. The molecule has 5 nitrogen and oxygen atoms in total. The molecule has 0 spiro atoms. The number of carbonyl (C=O) groups is 1. The number of carbonyl (C=O) groups excluding carboxylic acids is 1. The van der Waals surface area contributed by atoms with Crippen LogP contribution in [0.2, 0.25) is 0 Å². The van der Waals surface area contributed by atoms with E-state index in [0.717, 1.165) is 48.9 Å². The number of nitrogens with two attached hydrogens (primary N) is 1. The van der Waals surface area contributed by atoms with Gasteiger partial charge in [-0.25, -0.2) is 0 Å². The molecule has 1 aliphatic rings. The Morgan fingerprint density at radius 1 is 1.07 bits per heavy atom. The van der Waals surface area contributed by atoms with Gasteiger partial charge in [-0.3, -0.25) is 9.48 Å². The van der Waals surface area contributed by atoms with Crippen molar-refractivity contribution in [3.8, 4) is 11.1 Å². The second kappa shape index (κ2) is 9.25. The first-order valence-corrected chi connectivity index (χ1v) is 9.86. The quantitative estimate of drug-likeness (QED) is 0.647. The summed E-state index contributed by atoms with van der Waals surface area (Å²) >= 11 is 0. The lowest BCUT2D eigenvalue weighted by Crippen LogP contribution is -2.51. The molecule has 0 radical (unpaired) electrons. The van der Waals surface area contributed by atoms with Crippen LogP contribution in [0.4, 0.5) is 0 Å². The molecule has 0 bridgehead atoms. The van der Waals surface area contributed by atoms with Crippen LogP contribution in [0.1, 0.15) is 36.8 Å². The zero-order valence-corrected chi connectivity index (χ0v) is 17.2. The molecular weight excluding hydrogens is 384 g/mol. The van der Waals surface area contributed by atoms with Crippen molar-refractivity contribution in [2.75, 3.05) is 0 Å². The average molecular weight is 411 g/mol. The smallest absolute Gasteiger partial charge is 0.240 e. The molecule has 1 amide bonds. The molecule has 1 aromatic heterocycles. The molecule has 1 fully saturated rings. The maximum atomic E-state index is 12.5. The monoisotopic (exact) mass is 410 g/mol. The Hall–Kier alpha value is -2.63. The fourth-order valence-electron chi connectivity index (χ4n) is 3.91. The number of rotatable bonds is 6. The fraction of sp³-hybridized carbons (Fsp3) is 0.304. The van der Waals surface area contributed by atoms with E-state index in [0.29, 0.717) is 6.54 Å². The second-order valence-corrected chi connectivity index (χ2v) is 7.60. The van der Waals surface area contributed by atoms with Crippen LogP contribution in [0.3, 0.4) is 0 Å². The van der Waals surface area contributed by atoms with Gasteiger partial charge in [0.1, 0.15) is 0 Å². The summed E-state index contributed by atoms with van der Waals surface area (Å²) in [5.74, 6) is -0.0330. The number of nitrogens with zero attached hydrogens (tertiary/aromatic N) is 2. The van der Waals surface area contributed by atoms with Gasteiger partial charge >= 0.3 is 0 Å². The van der Waals surface area contributed by atoms with E-state index in [1.807, 2.05) is 29.1 Å². The second-order valence-electron chi connectivity index (χ2n) is 7.60. The molecule has 0 saturated heterocycles. The maximum Gasteiger partial charge on any atom is 0.240 e. The van der Waals surface area contributed by atoms with E-state index >= 15 is 0 Å². The van der Waals surface area contributed by atoms with Crippen molar-refractivity contribution in [2.45, 2.75) is 44.3 Å². The van der Waals surface area contributed by atoms with Gasteiger partial charge in [-0.15, -0.1) is 12.4 Å². The summed E-state index contributed by atoms with van der Waals surface area (Å²) in [5.41, 5.74) is 10.1. The lowest BCUT2D eigenvalue weighted by molar-refractivity contribution is -0.126. The number of amides is 1. The van der Waals surface area contributed by atoms with Gasteiger partial charge in [-0.2, -0.15) is 5.10 Å². The number of nitrogens with one attached hydrogen (secondary N) is 1. The Morgan fingerprint density at radius 3 is 2.48 bits per heavy atom. The minimum Gasteiger partial charge on any atom is -0.350 e. The first-order valence-electron chi connectivity index (χ1n) is 9.86. The van der Waals surface area contributed by atoms with E-state index in [2.05, 4.69) is 46.8 Å². The molecule has 0 unspecified atom stereocenters. The average Bonchev–Trinajstić information content (AvgIpc) is 3.39. The maximum absolute atomic E-state index is 12.5. The molecule has 2 aromatic carbocycles. The molecule has 6 heteroatoms. The van der Waals surface area contributed by atoms with Gasteiger partial charge in [-0.1, -0.05) is 61.4 Å². The van der Waals surface area contributed by atoms with Gasteiger partial charge in [-0.05, 0) is 41.2 Å². The van der Waals surface area contributed by atoms with Crippen LogP contribution in [-0.2, 0) is 17.9 Å². The number of hydrogen-bond acceptors (Lipinski definition) is 3. The van der Waals surface area contributed by atoms with Crippen LogP contribution in [0, 0.1) is 0 Å². The Morgan fingerprint density at radius 2 is 1.79 bits per heavy atom. The fourth-order valence-corrected chi connectivity index (χ4v) is 3.91. The van der Waals surface area contributed by atoms with E-state index in [4.69, 9.17) is 5.73 Å². The predicted molar refractivity (Wildman–Crippen MR) is 118 cm³/mol. The van der Waals surface area contributed by atoms with Gasteiger partial charge in [0, 0.05) is 18.9 Å². The van der Waals surface area contributed by atoms with Crippen LogP contribution >= 0.6 is 12.4 Å². The van der Waals surface area contributed by atoms with Gasteiger partial charge in [0.2, 0.25) is 5.91 Å². The molecule has 1 saturated carbocycles. The summed E-state index contributed by atoms with van der Waals surface area (Å²) in [4.78, 5) is 12.5. The molecule has 0 aliphatic heterocycles. The molecule has 3 N–H and O–H groups in total. The molecule has 4 rings (SSSR count). The minimum absolute atomic E-state index is 0. The van der Waals surface area contributed by atoms with E-state index < -0.39 is 5.54 Å². The number of aromatic nitrogens is 2. The van der Waals surface area contributed by atoms with Gasteiger partial charge in [0.05, 0.1) is 12.1 Å². The summed E-state index contributed by atoms with van der Waals surface area (Å²) in [7, 11) is 0. The minimum atomic E-state index is -0.691. The van der Waals surface area contributed by atoms with Crippen molar-refractivity contribution in [3.05, 3.63) is 78.1 Å². The van der Waals surface area contributed by atoms with Crippen molar-refractivity contribution >= 4 is 18.3 Å². The van der Waals surface area contributed by atoms with Gasteiger partial charge in [0.15, 0.2) is 0 Å². The molecule has 1 heterocycles. The number of benzene rings is 2. The highest BCUT2D eigenvalue weighted by atomic mass is 35.5. The molecule has 1 aliphatic carbocycles. The largest absolute Gasteiger partial charge is 0.350 e. The molecule has 152 valence electrons. The van der Waals surface area contributed by atoms with Crippen molar-refractivity contribution in [1.29, 1.82) is 0 Å². The van der Waals surface area contributed by atoms with Gasteiger partial charge in [0.25, 0.3) is 0 Å². The lowest BCUT2D eigenvalue weighted by atomic mass is 9.96. The zero-order chi connectivity index (χ0) is 19.4. The van der Waals surface area contributed by atoms with Crippen LogP contribution in [0.25, 0.3) is 11.1 Å². The van der Waals surface area contributed by atoms with Crippen molar-refractivity contribution in [3.63, 3.8) is 0 Å². The van der Waals surface area contributed by atoms with Gasteiger partial charge < -0.3 is 11.1 Å². The highest BCUT2D eigenvalue weighted by Gasteiger charge is 2.36. The molecule has 29 heavy (non-hydrogen) atoms. The van der Waals surface area contributed by atoms with Crippen molar-refractivity contribution in [2.24, 2.45) is 5.73 Å². The topological polar surface area (TPSA) is 72.9 Å². The highest BCUT2D eigenvalue weighted by Crippen LogP contribution is 2.28. The first-order chi connectivity index (χ1) is 13.6. The van der Waals surface area contributed by atoms with E-state index in [-0.39, 0.29) is 18.3 Å². The molecular formula is C23H27ClN4O. The summed E-state index contributed by atoms with van der Waals surface area (Å²) in [6.07, 6.45) is 7.36.